The van der Waals surface area contributed by atoms with Gasteiger partial charge >= 0.3 is 5.97 Å². The van der Waals surface area contributed by atoms with Crippen molar-refractivity contribution in [3.05, 3.63) is 47.9 Å². The average molecular weight is 230 g/mol. The fraction of sp³-hybridized carbons (Fsp3) is 0.0833. The van der Waals surface area contributed by atoms with E-state index < -0.39 is 5.97 Å². The smallest absolute Gasteiger partial charge is 0.339 e. The fourth-order valence-corrected chi connectivity index (χ4v) is 1.34. The zero-order chi connectivity index (χ0) is 12.3. The van der Waals surface area contributed by atoms with Gasteiger partial charge in [-0.25, -0.2) is 9.78 Å². The second-order valence-corrected chi connectivity index (χ2v) is 3.35. The van der Waals surface area contributed by atoms with Crippen LogP contribution >= 0.6 is 0 Å². The van der Waals surface area contributed by atoms with Crippen molar-refractivity contribution in [3.8, 4) is 11.6 Å². The van der Waals surface area contributed by atoms with Crippen molar-refractivity contribution < 1.29 is 14.6 Å². The van der Waals surface area contributed by atoms with Crippen molar-refractivity contribution >= 4 is 5.97 Å². The predicted octanol–water partition coefficient (Wildman–Crippen LogP) is 2.28. The molecule has 5 nitrogen and oxygen atoms in total. The van der Waals surface area contributed by atoms with E-state index in [2.05, 4.69) is 9.97 Å². The monoisotopic (exact) mass is 230 g/mol. The molecule has 0 aliphatic rings. The number of aromatic carboxylic acids is 1. The molecule has 1 heterocycles. The van der Waals surface area contributed by atoms with E-state index in [1.807, 2.05) is 0 Å². The number of carboxylic acids is 1. The van der Waals surface area contributed by atoms with Crippen LogP contribution in [-0.4, -0.2) is 21.0 Å². The topological polar surface area (TPSA) is 72.3 Å². The Labute approximate surface area is 97.7 Å². The first-order chi connectivity index (χ1) is 8.16. The number of hydrogen-bond acceptors (Lipinski definition) is 4. The molecule has 1 aromatic heterocycles. The summed E-state index contributed by atoms with van der Waals surface area (Å²) in [5.74, 6) is 0.117. The van der Waals surface area contributed by atoms with Gasteiger partial charge in [-0.15, -0.1) is 0 Å². The molecule has 0 saturated heterocycles. The van der Waals surface area contributed by atoms with E-state index in [0.717, 1.165) is 0 Å². The van der Waals surface area contributed by atoms with Gasteiger partial charge in [0.15, 0.2) is 0 Å². The summed E-state index contributed by atoms with van der Waals surface area (Å²) in [5, 5.41) is 8.99. The van der Waals surface area contributed by atoms with Gasteiger partial charge in [0.25, 0.3) is 0 Å². The highest BCUT2D eigenvalue weighted by Gasteiger charge is 2.11. The zero-order valence-electron chi connectivity index (χ0n) is 9.12. The molecule has 0 bridgehead atoms. The summed E-state index contributed by atoms with van der Waals surface area (Å²) in [6.45, 7) is 1.73. The molecule has 0 radical (unpaired) electrons. The van der Waals surface area contributed by atoms with E-state index in [9.17, 15) is 4.79 Å². The summed E-state index contributed by atoms with van der Waals surface area (Å²) in [6.07, 6.45) is 1.56. The van der Waals surface area contributed by atoms with E-state index in [-0.39, 0.29) is 11.3 Å². The number of para-hydroxylation sites is 1. The Balaban J connectivity index is 2.33. The molecule has 0 spiro atoms. The van der Waals surface area contributed by atoms with Crippen molar-refractivity contribution in [2.75, 3.05) is 0 Å². The Bertz CT molecular complexity index is 555. The second-order valence-electron chi connectivity index (χ2n) is 3.35. The molecule has 0 saturated carbocycles. The summed E-state index contributed by atoms with van der Waals surface area (Å²) in [6, 6.07) is 7.98. The van der Waals surface area contributed by atoms with Crippen LogP contribution in [0.2, 0.25) is 0 Å². The lowest BCUT2D eigenvalue weighted by Crippen LogP contribution is -2.00. The van der Waals surface area contributed by atoms with Crippen molar-refractivity contribution in [1.82, 2.24) is 9.97 Å². The van der Waals surface area contributed by atoms with Gasteiger partial charge in [0.2, 0.25) is 5.88 Å². The summed E-state index contributed by atoms with van der Waals surface area (Å²) in [7, 11) is 0. The molecular formula is C12H10N2O3. The minimum Gasteiger partial charge on any atom is -0.478 e. The molecule has 0 aliphatic carbocycles. The standard InChI is InChI=1S/C12H10N2O3/c1-8-13-7-6-11(14-8)17-10-5-3-2-4-9(10)12(15)16/h2-7H,1H3,(H,15,16). The van der Waals surface area contributed by atoms with E-state index in [0.29, 0.717) is 11.7 Å². The second kappa shape index (κ2) is 4.61. The summed E-state index contributed by atoms with van der Waals surface area (Å²) >= 11 is 0. The summed E-state index contributed by atoms with van der Waals surface area (Å²) in [5.41, 5.74) is 0.101. The largest absolute Gasteiger partial charge is 0.478 e. The molecule has 17 heavy (non-hydrogen) atoms. The molecule has 0 fully saturated rings. The molecule has 86 valence electrons. The van der Waals surface area contributed by atoms with Crippen molar-refractivity contribution in [3.63, 3.8) is 0 Å². The lowest BCUT2D eigenvalue weighted by Gasteiger charge is -2.07. The van der Waals surface area contributed by atoms with Crippen LogP contribution in [0.3, 0.4) is 0 Å². The molecule has 0 amide bonds. The number of carbonyl (C=O) groups is 1. The Kier molecular flexibility index (Phi) is 3.00. The van der Waals surface area contributed by atoms with E-state index in [1.165, 1.54) is 6.07 Å². The van der Waals surface area contributed by atoms with Crippen LogP contribution in [0, 0.1) is 6.92 Å². The van der Waals surface area contributed by atoms with Crippen LogP contribution in [-0.2, 0) is 0 Å². The first kappa shape index (κ1) is 11.1. The Hall–Kier alpha value is -2.43. The van der Waals surface area contributed by atoms with E-state index in [4.69, 9.17) is 9.84 Å². The molecule has 2 rings (SSSR count). The van der Waals surface area contributed by atoms with Crippen LogP contribution in [0.25, 0.3) is 0 Å². The van der Waals surface area contributed by atoms with Gasteiger partial charge in [0.05, 0.1) is 0 Å². The zero-order valence-corrected chi connectivity index (χ0v) is 9.12. The van der Waals surface area contributed by atoms with Crippen LogP contribution < -0.4 is 4.74 Å². The fourth-order valence-electron chi connectivity index (χ4n) is 1.34. The number of aryl methyl sites for hydroxylation is 1. The van der Waals surface area contributed by atoms with Gasteiger partial charge in [-0.2, -0.15) is 4.98 Å². The molecule has 0 unspecified atom stereocenters. The van der Waals surface area contributed by atoms with Gasteiger partial charge in [0, 0.05) is 12.3 Å². The molecule has 0 atom stereocenters. The van der Waals surface area contributed by atoms with Crippen LogP contribution in [0.5, 0.6) is 11.6 Å². The van der Waals surface area contributed by atoms with Gasteiger partial charge in [-0.3, -0.25) is 0 Å². The Morgan fingerprint density at radius 3 is 2.76 bits per heavy atom. The number of ether oxygens (including phenoxy) is 1. The third-order valence-electron chi connectivity index (χ3n) is 2.08. The maximum atomic E-state index is 11.0. The number of aromatic nitrogens is 2. The molecular weight excluding hydrogens is 220 g/mol. The van der Waals surface area contributed by atoms with Gasteiger partial charge < -0.3 is 9.84 Å². The number of rotatable bonds is 3. The highest BCUT2D eigenvalue weighted by Crippen LogP contribution is 2.23. The number of benzene rings is 1. The molecule has 0 aliphatic heterocycles. The van der Waals surface area contributed by atoms with Crippen LogP contribution in [0.1, 0.15) is 16.2 Å². The highest BCUT2D eigenvalue weighted by atomic mass is 16.5. The summed E-state index contributed by atoms with van der Waals surface area (Å²) in [4.78, 5) is 18.9. The minimum absolute atomic E-state index is 0.101. The predicted molar refractivity (Wildman–Crippen MR) is 60.2 cm³/mol. The third kappa shape index (κ3) is 2.57. The third-order valence-corrected chi connectivity index (χ3v) is 2.08. The van der Waals surface area contributed by atoms with Gasteiger partial charge in [0.1, 0.15) is 17.1 Å². The normalized spacial score (nSPS) is 9.94. The van der Waals surface area contributed by atoms with Crippen LogP contribution in [0.15, 0.2) is 36.5 Å². The van der Waals surface area contributed by atoms with Gasteiger partial charge in [-0.1, -0.05) is 12.1 Å². The molecule has 2 aromatic rings. The number of carboxylic acid groups (broad SMARTS) is 1. The molecule has 1 aromatic carbocycles. The van der Waals surface area contributed by atoms with Crippen molar-refractivity contribution in [1.29, 1.82) is 0 Å². The lowest BCUT2D eigenvalue weighted by molar-refractivity contribution is 0.0694. The molecule has 5 heteroatoms. The minimum atomic E-state index is -1.04. The molecule has 1 N–H and O–H groups in total. The Morgan fingerprint density at radius 1 is 1.29 bits per heavy atom. The summed E-state index contributed by atoms with van der Waals surface area (Å²) < 4.78 is 5.42. The number of nitrogens with zero attached hydrogens (tertiary/aromatic N) is 2. The lowest BCUT2D eigenvalue weighted by atomic mass is 10.2. The maximum Gasteiger partial charge on any atom is 0.339 e. The SMILES string of the molecule is Cc1nccc(Oc2ccccc2C(=O)O)n1. The van der Waals surface area contributed by atoms with E-state index in [1.54, 1.807) is 37.4 Å². The Morgan fingerprint density at radius 2 is 2.06 bits per heavy atom. The number of hydrogen-bond donors (Lipinski definition) is 1. The quantitative estimate of drug-likeness (QED) is 0.875. The first-order valence-electron chi connectivity index (χ1n) is 4.96. The van der Waals surface area contributed by atoms with Crippen molar-refractivity contribution in [2.24, 2.45) is 0 Å². The van der Waals surface area contributed by atoms with Crippen LogP contribution in [0.4, 0.5) is 0 Å². The maximum absolute atomic E-state index is 11.0. The van der Waals surface area contributed by atoms with Crippen molar-refractivity contribution in [2.45, 2.75) is 6.92 Å². The first-order valence-corrected chi connectivity index (χ1v) is 4.96. The highest BCUT2D eigenvalue weighted by molar-refractivity contribution is 5.90. The van der Waals surface area contributed by atoms with E-state index >= 15 is 0 Å². The van der Waals surface area contributed by atoms with Gasteiger partial charge in [-0.05, 0) is 19.1 Å². The average Bonchev–Trinajstić information content (AvgIpc) is 2.29.